The van der Waals surface area contributed by atoms with Crippen LogP contribution in [-0.2, 0) is 0 Å². The van der Waals surface area contributed by atoms with Crippen LogP contribution >= 0.6 is 12.6 Å². The van der Waals surface area contributed by atoms with E-state index in [9.17, 15) is 0 Å². The minimum atomic E-state index is 0.791. The van der Waals surface area contributed by atoms with E-state index >= 15 is 0 Å². The highest BCUT2D eigenvalue weighted by Crippen LogP contribution is 2.18. The summed E-state index contributed by atoms with van der Waals surface area (Å²) in [7, 11) is 0. The fraction of sp³-hybridized carbons (Fsp3) is 1.00. The van der Waals surface area contributed by atoms with Crippen LogP contribution in [0.2, 0.25) is 0 Å². The second kappa shape index (κ2) is 6.73. The summed E-state index contributed by atoms with van der Waals surface area (Å²) in [6.45, 7) is 7.24. The molecule has 1 nitrogen and oxygen atoms in total. The van der Waals surface area contributed by atoms with Gasteiger partial charge in [-0.3, -0.25) is 0 Å². The molecule has 84 valence electrons. The third-order valence-corrected chi connectivity index (χ3v) is 4.04. The Hall–Kier alpha value is 0.310. The Morgan fingerprint density at radius 1 is 1.36 bits per heavy atom. The van der Waals surface area contributed by atoms with Crippen molar-refractivity contribution in [3.8, 4) is 0 Å². The van der Waals surface area contributed by atoms with Gasteiger partial charge in [0.25, 0.3) is 0 Å². The lowest BCUT2D eigenvalue weighted by atomic mass is 10.1. The molecule has 0 saturated carbocycles. The van der Waals surface area contributed by atoms with Gasteiger partial charge < -0.3 is 4.90 Å². The molecule has 0 spiro atoms. The van der Waals surface area contributed by atoms with Crippen LogP contribution in [0.1, 0.15) is 46.0 Å². The second-order valence-corrected chi connectivity index (χ2v) is 5.02. The maximum Gasteiger partial charge on any atom is 0.00670 e. The summed E-state index contributed by atoms with van der Waals surface area (Å²) < 4.78 is 0. The largest absolute Gasteiger partial charge is 0.300 e. The van der Waals surface area contributed by atoms with Gasteiger partial charge in [-0.15, -0.1) is 0 Å². The average Bonchev–Trinajstić information content (AvgIpc) is 2.40. The molecule has 1 rings (SSSR count). The van der Waals surface area contributed by atoms with E-state index in [1.54, 1.807) is 0 Å². The first-order chi connectivity index (χ1) is 6.77. The van der Waals surface area contributed by atoms with Crippen molar-refractivity contribution in [1.82, 2.24) is 4.90 Å². The van der Waals surface area contributed by atoms with Crippen molar-refractivity contribution in [2.45, 2.75) is 52.0 Å². The maximum absolute atomic E-state index is 4.43. The van der Waals surface area contributed by atoms with E-state index in [0.29, 0.717) is 0 Å². The van der Waals surface area contributed by atoms with E-state index in [0.717, 1.165) is 17.7 Å². The highest BCUT2D eigenvalue weighted by Gasteiger charge is 2.19. The first-order valence-corrected chi connectivity index (χ1v) is 6.76. The topological polar surface area (TPSA) is 3.24 Å². The summed E-state index contributed by atoms with van der Waals surface area (Å²) in [5.74, 6) is 1.83. The quantitative estimate of drug-likeness (QED) is 0.705. The van der Waals surface area contributed by atoms with E-state index in [1.165, 1.54) is 45.2 Å². The van der Waals surface area contributed by atoms with E-state index in [-0.39, 0.29) is 0 Å². The molecule has 0 amide bonds. The monoisotopic (exact) mass is 215 g/mol. The van der Waals surface area contributed by atoms with Gasteiger partial charge in [0.05, 0.1) is 0 Å². The average molecular weight is 215 g/mol. The van der Waals surface area contributed by atoms with Crippen molar-refractivity contribution in [3.05, 3.63) is 0 Å². The first kappa shape index (κ1) is 12.4. The van der Waals surface area contributed by atoms with Crippen molar-refractivity contribution >= 4 is 12.6 Å². The number of rotatable bonds is 4. The van der Waals surface area contributed by atoms with Crippen molar-refractivity contribution in [2.75, 3.05) is 18.8 Å². The van der Waals surface area contributed by atoms with Crippen LogP contribution < -0.4 is 0 Å². The highest BCUT2D eigenvalue weighted by molar-refractivity contribution is 7.80. The van der Waals surface area contributed by atoms with Crippen LogP contribution in [0, 0.1) is 5.92 Å². The summed E-state index contributed by atoms with van der Waals surface area (Å²) in [6.07, 6.45) is 6.91. The molecule has 0 bridgehead atoms. The Morgan fingerprint density at radius 3 is 2.79 bits per heavy atom. The minimum absolute atomic E-state index is 0.791. The highest BCUT2D eigenvalue weighted by atomic mass is 32.1. The van der Waals surface area contributed by atoms with E-state index in [2.05, 4.69) is 31.4 Å². The fourth-order valence-electron chi connectivity index (χ4n) is 2.25. The number of thiol groups is 1. The third-order valence-electron chi connectivity index (χ3n) is 3.52. The van der Waals surface area contributed by atoms with E-state index < -0.39 is 0 Å². The van der Waals surface area contributed by atoms with Crippen LogP contribution in [0.15, 0.2) is 0 Å². The normalized spacial score (nSPS) is 27.2. The van der Waals surface area contributed by atoms with Gasteiger partial charge in [0.1, 0.15) is 0 Å². The summed E-state index contributed by atoms with van der Waals surface area (Å²) in [5.41, 5.74) is 0. The standard InChI is InChI=1S/C12H25NS/c1-3-12(10-14)9-13-8-6-4-5-7-11(13)2/h11-12,14H,3-10H2,1-2H3. The molecule has 1 heterocycles. The molecular formula is C12H25NS. The molecule has 0 aromatic heterocycles. The molecule has 1 saturated heterocycles. The molecule has 0 aliphatic carbocycles. The van der Waals surface area contributed by atoms with Gasteiger partial charge in [-0.05, 0) is 38.0 Å². The van der Waals surface area contributed by atoms with Gasteiger partial charge >= 0.3 is 0 Å². The van der Waals surface area contributed by atoms with Gasteiger partial charge in [-0.1, -0.05) is 26.2 Å². The van der Waals surface area contributed by atoms with Gasteiger partial charge in [0.2, 0.25) is 0 Å². The summed E-state index contributed by atoms with van der Waals surface area (Å²) in [6, 6.07) is 0.798. The van der Waals surface area contributed by atoms with Crippen LogP contribution in [0.4, 0.5) is 0 Å². The van der Waals surface area contributed by atoms with Gasteiger partial charge in [-0.2, -0.15) is 12.6 Å². The lowest BCUT2D eigenvalue weighted by molar-refractivity contribution is 0.185. The Morgan fingerprint density at radius 2 is 2.14 bits per heavy atom. The van der Waals surface area contributed by atoms with Crippen molar-refractivity contribution in [1.29, 1.82) is 0 Å². The van der Waals surface area contributed by atoms with Gasteiger partial charge in [-0.25, -0.2) is 0 Å². The third kappa shape index (κ3) is 3.82. The SMILES string of the molecule is CCC(CS)CN1CCCCCC1C. The van der Waals surface area contributed by atoms with Crippen LogP contribution in [-0.4, -0.2) is 29.8 Å². The Labute approximate surface area is 94.7 Å². The molecule has 2 atom stereocenters. The zero-order valence-corrected chi connectivity index (χ0v) is 10.6. The maximum atomic E-state index is 4.43. The Kier molecular flexibility index (Phi) is 5.95. The molecule has 1 fully saturated rings. The second-order valence-electron chi connectivity index (χ2n) is 4.65. The predicted molar refractivity (Wildman–Crippen MR) is 67.1 cm³/mol. The van der Waals surface area contributed by atoms with E-state index in [1.807, 2.05) is 0 Å². The Balaban J connectivity index is 2.39. The molecule has 0 aromatic carbocycles. The molecular weight excluding hydrogens is 190 g/mol. The Bertz CT molecular complexity index is 145. The number of hydrogen-bond donors (Lipinski definition) is 1. The lowest BCUT2D eigenvalue weighted by Gasteiger charge is -2.30. The molecule has 0 N–H and O–H groups in total. The molecule has 1 aliphatic rings. The molecule has 0 aromatic rings. The summed E-state index contributed by atoms with van der Waals surface area (Å²) in [5, 5.41) is 0. The zero-order valence-electron chi connectivity index (χ0n) is 9.71. The lowest BCUT2D eigenvalue weighted by Crippen LogP contribution is -2.37. The molecule has 1 aliphatic heterocycles. The van der Waals surface area contributed by atoms with Crippen molar-refractivity contribution in [2.24, 2.45) is 5.92 Å². The van der Waals surface area contributed by atoms with Crippen LogP contribution in [0.25, 0.3) is 0 Å². The number of nitrogens with zero attached hydrogens (tertiary/aromatic N) is 1. The van der Waals surface area contributed by atoms with Gasteiger partial charge in [0.15, 0.2) is 0 Å². The van der Waals surface area contributed by atoms with Crippen molar-refractivity contribution < 1.29 is 0 Å². The number of hydrogen-bond acceptors (Lipinski definition) is 2. The predicted octanol–water partition coefficient (Wildman–Crippen LogP) is 3.21. The molecule has 2 heteroatoms. The summed E-state index contributed by atoms with van der Waals surface area (Å²) in [4.78, 5) is 2.68. The minimum Gasteiger partial charge on any atom is -0.300 e. The van der Waals surface area contributed by atoms with Crippen molar-refractivity contribution in [3.63, 3.8) is 0 Å². The van der Waals surface area contributed by atoms with Gasteiger partial charge in [0, 0.05) is 12.6 Å². The van der Waals surface area contributed by atoms with Crippen LogP contribution in [0.5, 0.6) is 0 Å². The smallest absolute Gasteiger partial charge is 0.00670 e. The van der Waals surface area contributed by atoms with E-state index in [4.69, 9.17) is 0 Å². The van der Waals surface area contributed by atoms with Crippen LogP contribution in [0.3, 0.4) is 0 Å². The zero-order chi connectivity index (χ0) is 10.4. The molecule has 14 heavy (non-hydrogen) atoms. The summed E-state index contributed by atoms with van der Waals surface area (Å²) >= 11 is 4.43. The molecule has 2 unspecified atom stereocenters. The number of likely N-dealkylation sites (tertiary alicyclic amines) is 1. The first-order valence-electron chi connectivity index (χ1n) is 6.12. The molecule has 0 radical (unpaired) electrons. The fourth-order valence-corrected chi connectivity index (χ4v) is 2.63.